The Labute approximate surface area is 147 Å². The summed E-state index contributed by atoms with van der Waals surface area (Å²) in [6.07, 6.45) is 3.73. The van der Waals surface area contributed by atoms with Crippen molar-refractivity contribution in [3.63, 3.8) is 0 Å². The van der Waals surface area contributed by atoms with Gasteiger partial charge in [-0.05, 0) is 29.8 Å². The lowest BCUT2D eigenvalue weighted by Crippen LogP contribution is -2.22. The highest BCUT2D eigenvalue weighted by atomic mass is 16.5. The molecule has 0 spiro atoms. The maximum absolute atomic E-state index is 5.97. The lowest BCUT2D eigenvalue weighted by Gasteiger charge is -2.08. The van der Waals surface area contributed by atoms with E-state index in [2.05, 4.69) is 32.0 Å². The van der Waals surface area contributed by atoms with Crippen molar-refractivity contribution in [2.75, 3.05) is 12.4 Å². The average Bonchev–Trinajstić information content (AvgIpc) is 3.08. The first-order valence-corrected chi connectivity index (χ1v) is 7.99. The van der Waals surface area contributed by atoms with E-state index in [1.54, 1.807) is 13.3 Å². The summed E-state index contributed by atoms with van der Waals surface area (Å²) in [6.45, 7) is 1.17. The van der Waals surface area contributed by atoms with Gasteiger partial charge in [0.1, 0.15) is 18.1 Å². The predicted molar refractivity (Wildman–Crippen MR) is 99.7 cm³/mol. The summed E-state index contributed by atoms with van der Waals surface area (Å²) in [7, 11) is 1.63. The minimum absolute atomic E-state index is 0.347. The Bertz CT molecular complexity index is 825. The van der Waals surface area contributed by atoms with Gasteiger partial charge < -0.3 is 20.4 Å². The number of anilines is 1. The number of nitrogens with two attached hydrogens (primary N) is 1. The third-order valence-electron chi connectivity index (χ3n) is 3.75. The summed E-state index contributed by atoms with van der Waals surface area (Å²) in [6, 6.07) is 17.7. The molecule has 1 aromatic heterocycles. The van der Waals surface area contributed by atoms with Gasteiger partial charge in [-0.3, -0.25) is 0 Å². The minimum Gasteiger partial charge on any atom is -0.497 e. The Morgan fingerprint density at radius 2 is 1.92 bits per heavy atom. The van der Waals surface area contributed by atoms with E-state index in [-0.39, 0.29) is 0 Å². The molecule has 0 aliphatic rings. The molecule has 3 aromatic rings. The lowest BCUT2D eigenvalue weighted by molar-refractivity contribution is 0.415. The largest absolute Gasteiger partial charge is 0.497 e. The number of imidazole rings is 1. The number of hydrogen-bond acceptors (Lipinski definition) is 3. The first kappa shape index (κ1) is 16.6. The number of methoxy groups -OCH3 is 1. The van der Waals surface area contributed by atoms with Crippen LogP contribution in [0, 0.1) is 0 Å². The molecular formula is C19H21N5O. The van der Waals surface area contributed by atoms with Crippen LogP contribution in [0.5, 0.6) is 5.75 Å². The molecular weight excluding hydrogens is 314 g/mol. The van der Waals surface area contributed by atoms with Crippen molar-refractivity contribution in [2.24, 2.45) is 10.7 Å². The number of ether oxygens (including phenoxy) is 1. The van der Waals surface area contributed by atoms with Gasteiger partial charge in [0.25, 0.3) is 0 Å². The second-order valence-corrected chi connectivity index (χ2v) is 5.51. The van der Waals surface area contributed by atoms with Gasteiger partial charge in [-0.1, -0.05) is 30.3 Å². The van der Waals surface area contributed by atoms with Crippen LogP contribution in [0.2, 0.25) is 0 Å². The van der Waals surface area contributed by atoms with Gasteiger partial charge in [0.2, 0.25) is 0 Å². The third kappa shape index (κ3) is 4.60. The first-order chi connectivity index (χ1) is 12.2. The molecule has 0 fully saturated rings. The van der Waals surface area contributed by atoms with E-state index >= 15 is 0 Å². The molecule has 0 unspecified atom stereocenters. The predicted octanol–water partition coefficient (Wildman–Crippen LogP) is 2.87. The summed E-state index contributed by atoms with van der Waals surface area (Å²) in [5, 5.41) is 3.06. The van der Waals surface area contributed by atoms with Gasteiger partial charge in [0.05, 0.1) is 7.11 Å². The fourth-order valence-electron chi connectivity index (χ4n) is 2.43. The van der Waals surface area contributed by atoms with Crippen LogP contribution in [-0.4, -0.2) is 22.6 Å². The molecule has 2 aromatic carbocycles. The van der Waals surface area contributed by atoms with Crippen molar-refractivity contribution in [1.82, 2.24) is 9.55 Å². The molecule has 25 heavy (non-hydrogen) atoms. The van der Waals surface area contributed by atoms with E-state index < -0.39 is 0 Å². The highest BCUT2D eigenvalue weighted by molar-refractivity contribution is 5.92. The molecule has 1 heterocycles. The van der Waals surface area contributed by atoms with Crippen molar-refractivity contribution >= 4 is 11.6 Å². The normalized spacial score (nSPS) is 11.3. The number of aromatic nitrogens is 2. The number of aliphatic imine (C=N–C) groups is 1. The Balaban J connectivity index is 1.62. The van der Waals surface area contributed by atoms with Crippen molar-refractivity contribution in [3.05, 3.63) is 78.4 Å². The number of benzene rings is 2. The van der Waals surface area contributed by atoms with Gasteiger partial charge in [0, 0.05) is 24.6 Å². The summed E-state index contributed by atoms with van der Waals surface area (Å²) in [5.74, 6) is 2.01. The maximum Gasteiger partial charge on any atom is 0.193 e. The fourth-order valence-corrected chi connectivity index (χ4v) is 2.43. The topological polar surface area (TPSA) is 77.5 Å². The highest BCUT2D eigenvalue weighted by Crippen LogP contribution is 2.14. The molecule has 0 amide bonds. The third-order valence-corrected chi connectivity index (χ3v) is 3.75. The van der Waals surface area contributed by atoms with Crippen molar-refractivity contribution < 1.29 is 4.74 Å². The zero-order valence-electron chi connectivity index (χ0n) is 14.1. The van der Waals surface area contributed by atoms with Crippen LogP contribution >= 0.6 is 0 Å². The summed E-state index contributed by atoms with van der Waals surface area (Å²) >= 11 is 0. The van der Waals surface area contributed by atoms with Gasteiger partial charge in [0.15, 0.2) is 5.96 Å². The zero-order valence-corrected chi connectivity index (χ0v) is 14.1. The molecule has 6 heteroatoms. The van der Waals surface area contributed by atoms with E-state index in [1.165, 1.54) is 5.56 Å². The van der Waals surface area contributed by atoms with Crippen molar-refractivity contribution in [1.29, 1.82) is 0 Å². The molecule has 0 radical (unpaired) electrons. The number of hydrogen-bond donors (Lipinski definition) is 2. The number of guanidine groups is 1. The molecule has 128 valence electrons. The summed E-state index contributed by atoms with van der Waals surface area (Å²) in [5.41, 5.74) is 8.04. The van der Waals surface area contributed by atoms with Crippen LogP contribution in [0.1, 0.15) is 11.4 Å². The molecule has 0 aliphatic heterocycles. The van der Waals surface area contributed by atoms with Crippen LogP contribution in [0.25, 0.3) is 0 Å². The van der Waals surface area contributed by atoms with Gasteiger partial charge in [-0.15, -0.1) is 0 Å². The molecule has 0 atom stereocenters. The Hall–Kier alpha value is -3.28. The Kier molecular flexibility index (Phi) is 5.31. The Morgan fingerprint density at radius 1 is 1.16 bits per heavy atom. The van der Waals surface area contributed by atoms with E-state index in [1.807, 2.05) is 48.7 Å². The number of nitrogens with zero attached hydrogens (tertiary/aromatic N) is 3. The number of nitrogens with one attached hydrogen (secondary N) is 1. The van der Waals surface area contributed by atoms with E-state index in [0.29, 0.717) is 12.5 Å². The van der Waals surface area contributed by atoms with Crippen molar-refractivity contribution in [2.45, 2.75) is 13.1 Å². The molecule has 3 N–H and O–H groups in total. The monoisotopic (exact) mass is 335 g/mol. The molecule has 0 saturated heterocycles. The molecule has 0 saturated carbocycles. The maximum atomic E-state index is 5.97. The van der Waals surface area contributed by atoms with Gasteiger partial charge in [-0.2, -0.15) is 0 Å². The van der Waals surface area contributed by atoms with Crippen molar-refractivity contribution in [3.8, 4) is 5.75 Å². The Morgan fingerprint density at radius 3 is 2.64 bits per heavy atom. The molecule has 0 bridgehead atoms. The molecule has 0 aliphatic carbocycles. The number of rotatable bonds is 6. The summed E-state index contributed by atoms with van der Waals surface area (Å²) < 4.78 is 7.20. The SMILES string of the molecule is COc1ccc(NC(N)=NCc2nccn2Cc2ccccc2)cc1. The minimum atomic E-state index is 0.347. The van der Waals surface area contributed by atoms with Crippen LogP contribution in [0.15, 0.2) is 72.0 Å². The smallest absolute Gasteiger partial charge is 0.193 e. The second-order valence-electron chi connectivity index (χ2n) is 5.51. The average molecular weight is 335 g/mol. The first-order valence-electron chi connectivity index (χ1n) is 7.99. The highest BCUT2D eigenvalue weighted by Gasteiger charge is 2.03. The van der Waals surface area contributed by atoms with Crippen LogP contribution in [0.3, 0.4) is 0 Å². The van der Waals surface area contributed by atoms with Gasteiger partial charge in [-0.25, -0.2) is 9.98 Å². The van der Waals surface area contributed by atoms with Crippen LogP contribution < -0.4 is 15.8 Å². The second kappa shape index (κ2) is 8.01. The van der Waals surface area contributed by atoms with Crippen LogP contribution in [0.4, 0.5) is 5.69 Å². The van der Waals surface area contributed by atoms with E-state index in [4.69, 9.17) is 10.5 Å². The van der Waals surface area contributed by atoms with E-state index in [9.17, 15) is 0 Å². The fraction of sp³-hybridized carbons (Fsp3) is 0.158. The zero-order chi connectivity index (χ0) is 17.5. The van der Waals surface area contributed by atoms with Crippen LogP contribution in [-0.2, 0) is 13.1 Å². The molecule has 6 nitrogen and oxygen atoms in total. The van der Waals surface area contributed by atoms with Gasteiger partial charge >= 0.3 is 0 Å². The summed E-state index contributed by atoms with van der Waals surface area (Å²) in [4.78, 5) is 8.75. The quantitative estimate of drug-likeness (QED) is 0.536. The molecule has 3 rings (SSSR count). The standard InChI is InChI=1S/C19H21N5O/c1-25-17-9-7-16(8-10-17)23-19(20)22-13-18-21-11-12-24(18)14-15-5-3-2-4-6-15/h2-12H,13-14H2,1H3,(H3,20,22,23). The lowest BCUT2D eigenvalue weighted by atomic mass is 10.2. The van der Waals surface area contributed by atoms with E-state index in [0.717, 1.165) is 23.8 Å².